The highest BCUT2D eigenvalue weighted by molar-refractivity contribution is 7.98. The van der Waals surface area contributed by atoms with Crippen LogP contribution < -0.4 is 5.32 Å². The first-order valence-electron chi connectivity index (χ1n) is 7.15. The van der Waals surface area contributed by atoms with E-state index < -0.39 is 0 Å². The summed E-state index contributed by atoms with van der Waals surface area (Å²) in [4.78, 5) is 4.41. The Bertz CT molecular complexity index is 863. The minimum atomic E-state index is -0.0194. The molecule has 2 aromatic carbocycles. The smallest absolute Gasteiger partial charge is 0.256 e. The maximum atomic E-state index is 6.36. The molecule has 0 fully saturated rings. The van der Waals surface area contributed by atoms with Gasteiger partial charge in [0, 0.05) is 5.02 Å². The van der Waals surface area contributed by atoms with Crippen molar-refractivity contribution in [3.8, 4) is 0 Å². The maximum absolute atomic E-state index is 6.36. The minimum Gasteiger partial charge on any atom is -0.429 e. The molecule has 0 aliphatic rings. The average molecular weight is 367 g/mol. The van der Waals surface area contributed by atoms with Gasteiger partial charge in [-0.25, -0.2) is 4.98 Å². The number of nitrogens with one attached hydrogen (secondary N) is 1. The van der Waals surface area contributed by atoms with Crippen LogP contribution in [0.2, 0.25) is 10.0 Å². The van der Waals surface area contributed by atoms with E-state index >= 15 is 0 Å². The van der Waals surface area contributed by atoms with Crippen molar-refractivity contribution in [2.75, 3.05) is 11.6 Å². The summed E-state index contributed by atoms with van der Waals surface area (Å²) in [6.07, 6.45) is 1.92. The third-order valence-electron chi connectivity index (χ3n) is 3.65. The normalized spacial score (nSPS) is 12.6. The van der Waals surface area contributed by atoms with Crippen LogP contribution in [-0.2, 0) is 0 Å². The molecule has 1 atom stereocenters. The van der Waals surface area contributed by atoms with Gasteiger partial charge in [-0.3, -0.25) is 0 Å². The van der Waals surface area contributed by atoms with E-state index in [-0.39, 0.29) is 6.04 Å². The van der Waals surface area contributed by atoms with Gasteiger partial charge < -0.3 is 9.73 Å². The van der Waals surface area contributed by atoms with E-state index in [1.54, 1.807) is 0 Å². The second-order valence-electron chi connectivity index (χ2n) is 5.35. The summed E-state index contributed by atoms with van der Waals surface area (Å²) in [6, 6.07) is 9.68. The zero-order chi connectivity index (χ0) is 16.6. The molecule has 1 aromatic heterocycles. The number of hydrogen-bond donors (Lipinski definition) is 1. The van der Waals surface area contributed by atoms with Gasteiger partial charge in [-0.05, 0) is 49.4 Å². The number of halogens is 2. The molecule has 0 saturated carbocycles. The molecule has 120 valence electrons. The molecule has 3 rings (SSSR count). The molecule has 0 unspecified atom stereocenters. The van der Waals surface area contributed by atoms with E-state index in [1.165, 1.54) is 11.8 Å². The van der Waals surface area contributed by atoms with Gasteiger partial charge in [-0.15, -0.1) is 0 Å². The van der Waals surface area contributed by atoms with Gasteiger partial charge in [-0.1, -0.05) is 47.1 Å². The van der Waals surface area contributed by atoms with Crippen LogP contribution in [0.25, 0.3) is 11.1 Å². The van der Waals surface area contributed by atoms with Gasteiger partial charge in [0.25, 0.3) is 5.22 Å². The van der Waals surface area contributed by atoms with Crippen LogP contribution in [0.1, 0.15) is 24.1 Å². The number of rotatable bonds is 4. The van der Waals surface area contributed by atoms with E-state index in [4.69, 9.17) is 27.6 Å². The van der Waals surface area contributed by atoms with Crippen molar-refractivity contribution in [2.24, 2.45) is 0 Å². The summed E-state index contributed by atoms with van der Waals surface area (Å²) in [6.45, 7) is 4.06. The molecule has 23 heavy (non-hydrogen) atoms. The lowest BCUT2D eigenvalue weighted by Crippen LogP contribution is -2.08. The zero-order valence-corrected chi connectivity index (χ0v) is 15.3. The van der Waals surface area contributed by atoms with Crippen molar-refractivity contribution < 1.29 is 4.42 Å². The molecule has 3 aromatic rings. The van der Waals surface area contributed by atoms with Crippen LogP contribution in [0.15, 0.2) is 40.0 Å². The Hall–Kier alpha value is -1.36. The van der Waals surface area contributed by atoms with E-state index in [2.05, 4.69) is 10.3 Å². The molecule has 1 heterocycles. The van der Waals surface area contributed by atoms with Crippen LogP contribution >= 0.6 is 35.0 Å². The fourth-order valence-corrected chi connectivity index (χ4v) is 3.41. The molecule has 6 heteroatoms. The van der Waals surface area contributed by atoms with Crippen LogP contribution in [0.4, 0.5) is 5.69 Å². The molecular formula is C17H16Cl2N2OS. The van der Waals surface area contributed by atoms with Crippen molar-refractivity contribution in [2.45, 2.75) is 25.1 Å². The second-order valence-corrected chi connectivity index (χ2v) is 6.92. The topological polar surface area (TPSA) is 38.1 Å². The minimum absolute atomic E-state index is 0.0194. The van der Waals surface area contributed by atoms with Crippen LogP contribution in [0.3, 0.4) is 0 Å². The molecule has 0 amide bonds. The van der Waals surface area contributed by atoms with Crippen LogP contribution in [0, 0.1) is 6.92 Å². The summed E-state index contributed by atoms with van der Waals surface area (Å²) in [7, 11) is 0. The van der Waals surface area contributed by atoms with Crippen molar-refractivity contribution in [1.82, 2.24) is 4.98 Å². The molecule has 1 N–H and O–H groups in total. The predicted molar refractivity (Wildman–Crippen MR) is 99.0 cm³/mol. The lowest BCUT2D eigenvalue weighted by Gasteiger charge is -2.18. The first kappa shape index (κ1) is 16.5. The summed E-state index contributed by atoms with van der Waals surface area (Å²) in [5, 5.41) is 5.35. The molecule has 0 aliphatic carbocycles. The van der Waals surface area contributed by atoms with E-state index in [0.29, 0.717) is 15.8 Å². The van der Waals surface area contributed by atoms with E-state index in [9.17, 15) is 0 Å². The number of hydrogen-bond acceptors (Lipinski definition) is 4. The Morgan fingerprint density at radius 2 is 1.96 bits per heavy atom. The third kappa shape index (κ3) is 3.30. The maximum Gasteiger partial charge on any atom is 0.256 e. The highest BCUT2D eigenvalue weighted by Gasteiger charge is 2.17. The first-order chi connectivity index (χ1) is 11.0. The third-order valence-corrected chi connectivity index (χ3v) is 4.81. The average Bonchev–Trinajstić information content (AvgIpc) is 2.93. The fraction of sp³-hybridized carbons (Fsp3) is 0.235. The van der Waals surface area contributed by atoms with Crippen LogP contribution in [0.5, 0.6) is 0 Å². The number of oxazole rings is 1. The Balaban J connectivity index is 2.00. The highest BCUT2D eigenvalue weighted by atomic mass is 35.5. The number of fused-ring (bicyclic) bond motifs is 1. The number of anilines is 1. The van der Waals surface area contributed by atoms with Gasteiger partial charge in [0.1, 0.15) is 5.52 Å². The van der Waals surface area contributed by atoms with Crippen molar-refractivity contribution in [1.29, 1.82) is 0 Å². The number of aryl methyl sites for hydroxylation is 1. The van der Waals surface area contributed by atoms with E-state index in [1.807, 2.05) is 50.4 Å². The first-order valence-corrected chi connectivity index (χ1v) is 9.13. The number of benzene rings is 2. The molecule has 0 saturated heterocycles. The summed E-state index contributed by atoms with van der Waals surface area (Å²) in [5.74, 6) is 0. The van der Waals surface area contributed by atoms with Gasteiger partial charge in [-0.2, -0.15) is 0 Å². The van der Waals surface area contributed by atoms with Crippen molar-refractivity contribution in [3.05, 3.63) is 51.5 Å². The molecule has 0 aliphatic heterocycles. The second kappa shape index (κ2) is 6.63. The molecule has 0 radical (unpaired) electrons. The van der Waals surface area contributed by atoms with Gasteiger partial charge in [0.2, 0.25) is 0 Å². The summed E-state index contributed by atoms with van der Waals surface area (Å²) in [5.41, 5.74) is 4.32. The Labute approximate surface area is 149 Å². The SMILES string of the molecule is CSc1nc2ccc(Cl)c(N[C@H](C)c3ccc(C)cc3Cl)c2o1. The lowest BCUT2D eigenvalue weighted by atomic mass is 10.1. The number of nitrogens with zero attached hydrogens (tertiary/aromatic N) is 1. The zero-order valence-electron chi connectivity index (χ0n) is 13.0. The lowest BCUT2D eigenvalue weighted by molar-refractivity contribution is 0.490. The number of aromatic nitrogens is 1. The highest BCUT2D eigenvalue weighted by Crippen LogP contribution is 2.36. The monoisotopic (exact) mass is 366 g/mol. The van der Waals surface area contributed by atoms with Gasteiger partial charge >= 0.3 is 0 Å². The van der Waals surface area contributed by atoms with Gasteiger partial charge in [0.15, 0.2) is 5.58 Å². The molecule has 3 nitrogen and oxygen atoms in total. The van der Waals surface area contributed by atoms with Gasteiger partial charge in [0.05, 0.1) is 16.8 Å². The van der Waals surface area contributed by atoms with Crippen LogP contribution in [-0.4, -0.2) is 11.2 Å². The standard InChI is InChI=1S/C17H16Cl2N2OS/c1-9-4-5-11(13(19)8-9)10(2)20-15-12(18)6-7-14-16(15)22-17(21-14)23-3/h4-8,10,20H,1-3H3/t10-/m1/s1. The number of thioether (sulfide) groups is 1. The summed E-state index contributed by atoms with van der Waals surface area (Å²) >= 11 is 14.2. The molecular weight excluding hydrogens is 351 g/mol. The quantitative estimate of drug-likeness (QED) is 0.546. The van der Waals surface area contributed by atoms with Crippen molar-refractivity contribution in [3.63, 3.8) is 0 Å². The Kier molecular flexibility index (Phi) is 4.76. The van der Waals surface area contributed by atoms with E-state index in [0.717, 1.165) is 27.4 Å². The summed E-state index contributed by atoms with van der Waals surface area (Å²) < 4.78 is 5.79. The van der Waals surface area contributed by atoms with Crippen molar-refractivity contribution >= 4 is 51.8 Å². The predicted octanol–water partition coefficient (Wildman–Crippen LogP) is 6.34. The Morgan fingerprint density at radius 1 is 1.17 bits per heavy atom. The molecule has 0 bridgehead atoms. The molecule has 0 spiro atoms. The Morgan fingerprint density at radius 3 is 2.65 bits per heavy atom. The fourth-order valence-electron chi connectivity index (χ4n) is 2.45. The largest absolute Gasteiger partial charge is 0.429 e.